The third kappa shape index (κ3) is 3.95. The molecular weight excluding hydrogens is 418 g/mol. The Morgan fingerprint density at radius 1 is 1.06 bits per heavy atom. The Balaban J connectivity index is 1.71. The minimum Gasteiger partial charge on any atom is -0.493 e. The number of rotatable bonds is 7. The van der Waals surface area contributed by atoms with Gasteiger partial charge in [-0.2, -0.15) is 5.10 Å². The zero-order chi connectivity index (χ0) is 22.2. The first-order valence-corrected chi connectivity index (χ1v) is 12.3. The van der Waals surface area contributed by atoms with E-state index in [1.165, 1.54) is 17.7 Å². The highest BCUT2D eigenvalue weighted by atomic mass is 32.2. The number of ether oxygens (including phenoxy) is 1. The zero-order valence-corrected chi connectivity index (χ0v) is 19.5. The third-order valence-electron chi connectivity index (χ3n) is 6.12. The normalized spacial score (nSPS) is 13.6. The molecule has 0 amide bonds. The maximum absolute atomic E-state index is 13.0. The van der Waals surface area contributed by atoms with Crippen LogP contribution in [0.3, 0.4) is 0 Å². The number of fused-ring (bicyclic) bond motifs is 1. The van der Waals surface area contributed by atoms with E-state index in [9.17, 15) is 4.79 Å². The quantitative estimate of drug-likeness (QED) is 0.348. The van der Waals surface area contributed by atoms with Gasteiger partial charge in [-0.05, 0) is 73.2 Å². The second kappa shape index (κ2) is 8.51. The number of pyridine rings is 1. The van der Waals surface area contributed by atoms with Crippen molar-refractivity contribution in [2.75, 3.05) is 12.9 Å². The fourth-order valence-corrected chi connectivity index (χ4v) is 4.45. The molecule has 6 heteroatoms. The topological polar surface area (TPSA) is 49.0 Å². The highest BCUT2D eigenvalue weighted by Gasteiger charge is 2.23. The smallest absolute Gasteiger partial charge is 0.258 e. The van der Waals surface area contributed by atoms with Gasteiger partial charge >= 0.3 is 0 Å². The van der Waals surface area contributed by atoms with Crippen molar-refractivity contribution in [2.45, 2.75) is 31.2 Å². The van der Waals surface area contributed by atoms with E-state index < -0.39 is 0 Å². The van der Waals surface area contributed by atoms with Gasteiger partial charge in [-0.15, -0.1) is 11.8 Å². The molecule has 5 nitrogen and oxygen atoms in total. The molecule has 1 aliphatic carbocycles. The van der Waals surface area contributed by atoms with Gasteiger partial charge in [0.25, 0.3) is 5.56 Å². The summed E-state index contributed by atoms with van der Waals surface area (Å²) in [5, 5.41) is 6.06. The lowest BCUT2D eigenvalue weighted by Crippen LogP contribution is -2.16. The Hall–Kier alpha value is -2.99. The summed E-state index contributed by atoms with van der Waals surface area (Å²) < 4.78 is 9.84. The number of nitrogens with zero attached hydrogens (tertiary/aromatic N) is 3. The van der Waals surface area contributed by atoms with Crippen molar-refractivity contribution in [1.82, 2.24) is 14.3 Å². The standard InChI is InChI=1S/C26H27N3O2S/c1-4-29-14-19(13-27-29)18-7-9-21-22(11-18)24(15-28(2)26(21)30)23-12-20(32-3)8-10-25(23)31-16-17-5-6-17/h7-15,17H,4-6,16H2,1-3H3. The van der Waals surface area contributed by atoms with Crippen LogP contribution in [0.15, 0.2) is 64.7 Å². The summed E-state index contributed by atoms with van der Waals surface area (Å²) in [5.74, 6) is 1.54. The van der Waals surface area contributed by atoms with Crippen LogP contribution in [0, 0.1) is 5.92 Å². The zero-order valence-electron chi connectivity index (χ0n) is 18.7. The van der Waals surface area contributed by atoms with Gasteiger partial charge in [0.15, 0.2) is 0 Å². The van der Waals surface area contributed by atoms with Crippen LogP contribution in [0.4, 0.5) is 0 Å². The number of aryl methyl sites for hydroxylation is 2. The Bertz CT molecular complexity index is 1350. The van der Waals surface area contributed by atoms with Crippen molar-refractivity contribution < 1.29 is 4.74 Å². The van der Waals surface area contributed by atoms with Crippen LogP contribution in [0.25, 0.3) is 33.0 Å². The maximum atomic E-state index is 13.0. The van der Waals surface area contributed by atoms with E-state index in [2.05, 4.69) is 42.5 Å². The fourth-order valence-electron chi connectivity index (χ4n) is 4.01. The van der Waals surface area contributed by atoms with Crippen LogP contribution >= 0.6 is 11.8 Å². The predicted molar refractivity (Wildman–Crippen MR) is 132 cm³/mol. The van der Waals surface area contributed by atoms with E-state index in [0.717, 1.165) is 46.5 Å². The highest BCUT2D eigenvalue weighted by Crippen LogP contribution is 2.39. The number of hydrogen-bond donors (Lipinski definition) is 0. The molecular formula is C26H27N3O2S. The van der Waals surface area contributed by atoms with Crippen molar-refractivity contribution in [2.24, 2.45) is 13.0 Å². The number of aromatic nitrogens is 3. The molecule has 1 saturated carbocycles. The van der Waals surface area contributed by atoms with E-state index in [1.54, 1.807) is 16.3 Å². The molecule has 0 aliphatic heterocycles. The molecule has 0 N–H and O–H groups in total. The average Bonchev–Trinajstić information content (AvgIpc) is 3.53. The molecule has 0 saturated heterocycles. The predicted octanol–water partition coefficient (Wildman–Crippen LogP) is 5.60. The van der Waals surface area contributed by atoms with Crippen molar-refractivity contribution in [3.8, 4) is 28.0 Å². The van der Waals surface area contributed by atoms with Crippen molar-refractivity contribution in [3.63, 3.8) is 0 Å². The monoisotopic (exact) mass is 445 g/mol. The SMILES string of the molecule is CCn1cc(-c2ccc3c(=O)n(C)cc(-c4cc(SC)ccc4OCC4CC4)c3c2)cn1. The first kappa shape index (κ1) is 20.9. The molecule has 0 unspecified atom stereocenters. The number of benzene rings is 2. The van der Waals surface area contributed by atoms with Crippen LogP contribution in [-0.4, -0.2) is 27.2 Å². The molecule has 5 rings (SSSR count). The van der Waals surface area contributed by atoms with E-state index >= 15 is 0 Å². The first-order chi connectivity index (χ1) is 15.6. The molecule has 1 aliphatic rings. The minimum absolute atomic E-state index is 0.000947. The second-order valence-electron chi connectivity index (χ2n) is 8.42. The van der Waals surface area contributed by atoms with Crippen molar-refractivity contribution in [3.05, 3.63) is 65.3 Å². The van der Waals surface area contributed by atoms with Crippen LogP contribution in [0.2, 0.25) is 0 Å². The van der Waals surface area contributed by atoms with Gasteiger partial charge in [-0.25, -0.2) is 0 Å². The minimum atomic E-state index is 0.000947. The molecule has 0 spiro atoms. The number of hydrogen-bond acceptors (Lipinski definition) is 4. The molecule has 0 radical (unpaired) electrons. The summed E-state index contributed by atoms with van der Waals surface area (Å²) in [6.45, 7) is 3.64. The Labute approximate surface area is 192 Å². The number of thioether (sulfide) groups is 1. The summed E-state index contributed by atoms with van der Waals surface area (Å²) in [5.41, 5.74) is 4.13. The van der Waals surface area contributed by atoms with Gasteiger partial charge in [0.05, 0.1) is 12.8 Å². The largest absolute Gasteiger partial charge is 0.493 e. The van der Waals surface area contributed by atoms with Crippen LogP contribution < -0.4 is 10.3 Å². The molecule has 4 aromatic rings. The molecule has 2 heterocycles. The highest BCUT2D eigenvalue weighted by molar-refractivity contribution is 7.98. The van der Waals surface area contributed by atoms with Crippen molar-refractivity contribution in [1.29, 1.82) is 0 Å². The molecule has 2 aromatic heterocycles. The summed E-state index contributed by atoms with van der Waals surface area (Å²) in [6.07, 6.45) is 10.4. The van der Waals surface area contributed by atoms with Gasteiger partial charge in [-0.3, -0.25) is 9.48 Å². The van der Waals surface area contributed by atoms with E-state index in [0.29, 0.717) is 11.3 Å². The summed E-state index contributed by atoms with van der Waals surface area (Å²) in [7, 11) is 1.81. The van der Waals surface area contributed by atoms with Crippen LogP contribution in [-0.2, 0) is 13.6 Å². The lowest BCUT2D eigenvalue weighted by atomic mass is 9.97. The lowest BCUT2D eigenvalue weighted by Gasteiger charge is -2.16. The summed E-state index contributed by atoms with van der Waals surface area (Å²) in [6, 6.07) is 12.4. The average molecular weight is 446 g/mol. The molecule has 164 valence electrons. The van der Waals surface area contributed by atoms with E-state index in [1.807, 2.05) is 42.5 Å². The Morgan fingerprint density at radius 3 is 2.62 bits per heavy atom. The first-order valence-electron chi connectivity index (χ1n) is 11.0. The van der Waals surface area contributed by atoms with Gasteiger partial charge in [0.1, 0.15) is 5.75 Å². The maximum Gasteiger partial charge on any atom is 0.258 e. The Kier molecular flexibility index (Phi) is 5.55. The van der Waals surface area contributed by atoms with Gasteiger partial charge < -0.3 is 9.30 Å². The Morgan fingerprint density at radius 2 is 1.91 bits per heavy atom. The van der Waals surface area contributed by atoms with Gasteiger partial charge in [-0.1, -0.05) is 6.07 Å². The van der Waals surface area contributed by atoms with E-state index in [4.69, 9.17) is 4.74 Å². The molecule has 0 atom stereocenters. The van der Waals surface area contributed by atoms with E-state index in [-0.39, 0.29) is 5.56 Å². The van der Waals surface area contributed by atoms with Crippen molar-refractivity contribution >= 4 is 22.5 Å². The molecule has 0 bridgehead atoms. The summed E-state index contributed by atoms with van der Waals surface area (Å²) in [4.78, 5) is 14.1. The lowest BCUT2D eigenvalue weighted by molar-refractivity contribution is 0.301. The second-order valence-corrected chi connectivity index (χ2v) is 9.30. The molecule has 2 aromatic carbocycles. The van der Waals surface area contributed by atoms with Gasteiger partial charge in [0, 0.05) is 53.0 Å². The third-order valence-corrected chi connectivity index (χ3v) is 6.85. The van der Waals surface area contributed by atoms with Crippen LogP contribution in [0.1, 0.15) is 19.8 Å². The fraction of sp³-hybridized carbons (Fsp3) is 0.308. The van der Waals surface area contributed by atoms with Crippen LogP contribution in [0.5, 0.6) is 5.75 Å². The van der Waals surface area contributed by atoms with Gasteiger partial charge in [0.2, 0.25) is 0 Å². The molecule has 1 fully saturated rings. The summed E-state index contributed by atoms with van der Waals surface area (Å²) >= 11 is 1.71. The molecule has 32 heavy (non-hydrogen) atoms.